The SMILES string of the molecule is CCN(C(=O)c1ccc(C(=O)c2cnc3ccc(F)cn23)c(Cl)c1)C1CCCCC1. The van der Waals surface area contributed by atoms with E-state index in [2.05, 4.69) is 4.98 Å². The Morgan fingerprint density at radius 1 is 1.20 bits per heavy atom. The Labute approximate surface area is 179 Å². The van der Waals surface area contributed by atoms with Gasteiger partial charge in [-0.2, -0.15) is 0 Å². The number of fused-ring (bicyclic) bond motifs is 1. The summed E-state index contributed by atoms with van der Waals surface area (Å²) in [6, 6.07) is 7.79. The van der Waals surface area contributed by atoms with Crippen molar-refractivity contribution in [3.8, 4) is 0 Å². The van der Waals surface area contributed by atoms with Crippen LogP contribution in [0.5, 0.6) is 0 Å². The Kier molecular flexibility index (Phi) is 5.86. The van der Waals surface area contributed by atoms with Crippen LogP contribution < -0.4 is 0 Å². The number of rotatable bonds is 5. The fourth-order valence-electron chi connectivity index (χ4n) is 4.22. The molecule has 1 fully saturated rings. The number of pyridine rings is 1. The minimum atomic E-state index is -0.469. The van der Waals surface area contributed by atoms with Crippen LogP contribution in [0.1, 0.15) is 65.4 Å². The van der Waals surface area contributed by atoms with E-state index in [0.29, 0.717) is 17.8 Å². The summed E-state index contributed by atoms with van der Waals surface area (Å²) in [5.41, 5.74) is 1.39. The van der Waals surface area contributed by atoms with E-state index in [4.69, 9.17) is 11.6 Å². The molecule has 5 nitrogen and oxygen atoms in total. The second kappa shape index (κ2) is 8.56. The van der Waals surface area contributed by atoms with Gasteiger partial charge in [-0.15, -0.1) is 0 Å². The van der Waals surface area contributed by atoms with Crippen molar-refractivity contribution < 1.29 is 14.0 Å². The number of carbonyl (C=O) groups is 2. The highest BCUT2D eigenvalue weighted by atomic mass is 35.5. The van der Waals surface area contributed by atoms with Crippen LogP contribution in [0.2, 0.25) is 5.02 Å². The van der Waals surface area contributed by atoms with Crippen LogP contribution in [0.15, 0.2) is 42.7 Å². The highest BCUT2D eigenvalue weighted by molar-refractivity contribution is 6.35. The zero-order chi connectivity index (χ0) is 21.3. The molecule has 30 heavy (non-hydrogen) atoms. The third-order valence-electron chi connectivity index (χ3n) is 5.78. The molecule has 0 spiro atoms. The molecule has 1 amide bonds. The summed E-state index contributed by atoms with van der Waals surface area (Å²) in [6.45, 7) is 2.62. The van der Waals surface area contributed by atoms with Gasteiger partial charge >= 0.3 is 0 Å². The quantitative estimate of drug-likeness (QED) is 0.529. The van der Waals surface area contributed by atoms with E-state index in [-0.39, 0.29) is 34.0 Å². The maximum atomic E-state index is 13.6. The van der Waals surface area contributed by atoms with E-state index in [0.717, 1.165) is 25.7 Å². The molecule has 0 saturated heterocycles. The molecule has 0 atom stereocenters. The van der Waals surface area contributed by atoms with Crippen LogP contribution in [0, 0.1) is 5.82 Å². The predicted molar refractivity (Wildman–Crippen MR) is 114 cm³/mol. The van der Waals surface area contributed by atoms with Gasteiger partial charge in [0.05, 0.1) is 11.2 Å². The van der Waals surface area contributed by atoms with Gasteiger partial charge in [0.1, 0.15) is 17.2 Å². The molecule has 4 rings (SSSR count). The lowest BCUT2D eigenvalue weighted by Crippen LogP contribution is -2.41. The van der Waals surface area contributed by atoms with Crippen LogP contribution in [0.25, 0.3) is 5.65 Å². The number of hydrogen-bond donors (Lipinski definition) is 0. The normalized spacial score (nSPS) is 14.8. The van der Waals surface area contributed by atoms with Crippen molar-refractivity contribution in [2.45, 2.75) is 45.1 Å². The van der Waals surface area contributed by atoms with Gasteiger partial charge in [0, 0.05) is 29.9 Å². The Bertz CT molecular complexity index is 1110. The summed E-state index contributed by atoms with van der Waals surface area (Å²) >= 11 is 6.41. The highest BCUT2D eigenvalue weighted by Crippen LogP contribution is 2.26. The first-order valence-corrected chi connectivity index (χ1v) is 10.6. The number of benzene rings is 1. The van der Waals surface area contributed by atoms with Crippen molar-refractivity contribution in [1.29, 1.82) is 0 Å². The minimum absolute atomic E-state index is 0.0674. The number of carbonyl (C=O) groups excluding carboxylic acids is 2. The van der Waals surface area contributed by atoms with Crippen molar-refractivity contribution in [2.75, 3.05) is 6.54 Å². The largest absolute Gasteiger partial charge is 0.336 e. The van der Waals surface area contributed by atoms with Gasteiger partial charge in [-0.1, -0.05) is 30.9 Å². The first kappa shape index (κ1) is 20.5. The second-order valence-electron chi connectivity index (χ2n) is 7.63. The molecule has 0 N–H and O–H groups in total. The first-order chi connectivity index (χ1) is 14.5. The van der Waals surface area contributed by atoms with Gasteiger partial charge in [0.2, 0.25) is 5.78 Å². The lowest BCUT2D eigenvalue weighted by molar-refractivity contribution is 0.0647. The summed E-state index contributed by atoms with van der Waals surface area (Å²) in [5, 5.41) is 0.192. The fraction of sp³-hybridized carbons (Fsp3) is 0.348. The van der Waals surface area contributed by atoms with Crippen molar-refractivity contribution in [1.82, 2.24) is 14.3 Å². The molecule has 0 aliphatic heterocycles. The van der Waals surface area contributed by atoms with E-state index < -0.39 is 5.82 Å². The van der Waals surface area contributed by atoms with Crippen LogP contribution in [-0.4, -0.2) is 38.6 Å². The Morgan fingerprint density at radius 2 is 1.97 bits per heavy atom. The lowest BCUT2D eigenvalue weighted by Gasteiger charge is -2.33. The molecular formula is C23H23ClFN3O2. The zero-order valence-electron chi connectivity index (χ0n) is 16.8. The fourth-order valence-corrected chi connectivity index (χ4v) is 4.49. The molecule has 2 heterocycles. The monoisotopic (exact) mass is 427 g/mol. The lowest BCUT2D eigenvalue weighted by atomic mass is 9.93. The van der Waals surface area contributed by atoms with Crippen LogP contribution in [0.3, 0.4) is 0 Å². The van der Waals surface area contributed by atoms with Gasteiger partial charge in [-0.3, -0.25) is 14.0 Å². The van der Waals surface area contributed by atoms with E-state index in [9.17, 15) is 14.0 Å². The van der Waals surface area contributed by atoms with E-state index in [1.807, 2.05) is 11.8 Å². The van der Waals surface area contributed by atoms with Crippen LogP contribution in [-0.2, 0) is 0 Å². The number of amides is 1. The summed E-state index contributed by atoms with van der Waals surface area (Å²) in [4.78, 5) is 32.1. The van der Waals surface area contributed by atoms with Gasteiger partial charge in [0.25, 0.3) is 5.91 Å². The Hall–Kier alpha value is -2.73. The number of aromatic nitrogens is 2. The minimum Gasteiger partial charge on any atom is -0.336 e. The first-order valence-electron chi connectivity index (χ1n) is 10.3. The Morgan fingerprint density at radius 3 is 2.67 bits per heavy atom. The molecular weight excluding hydrogens is 405 g/mol. The average Bonchev–Trinajstić information content (AvgIpc) is 3.17. The molecule has 0 radical (unpaired) electrons. The summed E-state index contributed by atoms with van der Waals surface area (Å²) in [5.74, 6) is -0.914. The highest BCUT2D eigenvalue weighted by Gasteiger charge is 2.26. The Balaban J connectivity index is 1.61. The maximum absolute atomic E-state index is 13.6. The van der Waals surface area contributed by atoms with E-state index in [1.54, 1.807) is 18.2 Å². The standard InChI is InChI=1S/C23H23ClFN3O2/c1-2-27(17-6-4-3-5-7-17)23(30)15-8-10-18(19(24)12-15)22(29)20-13-26-21-11-9-16(25)14-28(20)21/h8-14,17H,2-7H2,1H3. The summed E-state index contributed by atoms with van der Waals surface area (Å²) in [6.07, 6.45) is 8.16. The van der Waals surface area contributed by atoms with Crippen molar-refractivity contribution in [3.05, 3.63) is 70.4 Å². The molecule has 2 aromatic heterocycles. The summed E-state index contributed by atoms with van der Waals surface area (Å²) in [7, 11) is 0. The molecule has 1 aromatic carbocycles. The van der Waals surface area contributed by atoms with Crippen molar-refractivity contribution in [3.63, 3.8) is 0 Å². The zero-order valence-corrected chi connectivity index (χ0v) is 17.5. The number of imidazole rings is 1. The van der Waals surface area contributed by atoms with Crippen molar-refractivity contribution >= 4 is 28.9 Å². The molecule has 1 aliphatic rings. The van der Waals surface area contributed by atoms with E-state index in [1.165, 1.54) is 35.3 Å². The predicted octanol–water partition coefficient (Wildman–Crippen LogP) is 5.15. The van der Waals surface area contributed by atoms with E-state index >= 15 is 0 Å². The number of nitrogens with zero attached hydrogens (tertiary/aromatic N) is 3. The number of ketones is 1. The number of hydrogen-bond acceptors (Lipinski definition) is 3. The molecule has 3 aromatic rings. The van der Waals surface area contributed by atoms with Crippen molar-refractivity contribution in [2.24, 2.45) is 0 Å². The summed E-state index contributed by atoms with van der Waals surface area (Å²) < 4.78 is 15.0. The smallest absolute Gasteiger partial charge is 0.254 e. The molecule has 1 aliphatic carbocycles. The molecule has 0 bridgehead atoms. The average molecular weight is 428 g/mol. The molecule has 1 saturated carbocycles. The number of halogens is 2. The third kappa shape index (κ3) is 3.84. The second-order valence-corrected chi connectivity index (χ2v) is 8.03. The van der Waals surface area contributed by atoms with Gasteiger partial charge in [-0.25, -0.2) is 9.37 Å². The molecule has 0 unspecified atom stereocenters. The van der Waals surface area contributed by atoms with Gasteiger partial charge in [0.15, 0.2) is 0 Å². The molecule has 156 valence electrons. The molecule has 7 heteroatoms. The van der Waals surface area contributed by atoms with Crippen LogP contribution >= 0.6 is 11.6 Å². The van der Waals surface area contributed by atoms with Gasteiger partial charge < -0.3 is 4.90 Å². The van der Waals surface area contributed by atoms with Crippen LogP contribution in [0.4, 0.5) is 4.39 Å². The topological polar surface area (TPSA) is 54.7 Å². The third-order valence-corrected chi connectivity index (χ3v) is 6.09. The van der Waals surface area contributed by atoms with Gasteiger partial charge in [-0.05, 0) is 50.1 Å². The maximum Gasteiger partial charge on any atom is 0.254 e.